The molecular formula is C22H22N4O4S. The number of nitrogens with zero attached hydrogens (tertiary/aromatic N) is 3. The number of benzene rings is 1. The minimum absolute atomic E-state index is 0.0161. The van der Waals surface area contributed by atoms with Crippen molar-refractivity contribution < 1.29 is 17.9 Å². The van der Waals surface area contributed by atoms with Crippen molar-refractivity contribution in [3.8, 4) is 11.5 Å². The van der Waals surface area contributed by atoms with Crippen LogP contribution in [-0.2, 0) is 21.2 Å². The molecule has 1 aliphatic rings. The maximum absolute atomic E-state index is 12.1. The maximum Gasteiger partial charge on any atom is 0.222 e. The SMILES string of the molecule is CS(=O)(=O)c1ccc(Oc2ccc(Nc3ccccn3)cc2CN2CCCC2=O)cn1. The van der Waals surface area contributed by atoms with Gasteiger partial charge in [-0.3, -0.25) is 4.79 Å². The number of carbonyl (C=O) groups is 1. The molecule has 0 saturated carbocycles. The zero-order valence-corrected chi connectivity index (χ0v) is 17.8. The van der Waals surface area contributed by atoms with Crippen LogP contribution < -0.4 is 10.1 Å². The van der Waals surface area contributed by atoms with Crippen molar-refractivity contribution in [1.29, 1.82) is 0 Å². The molecule has 2 aromatic heterocycles. The van der Waals surface area contributed by atoms with Crippen molar-refractivity contribution in [1.82, 2.24) is 14.9 Å². The summed E-state index contributed by atoms with van der Waals surface area (Å²) in [4.78, 5) is 22.2. The van der Waals surface area contributed by atoms with E-state index >= 15 is 0 Å². The Morgan fingerprint density at radius 3 is 2.65 bits per heavy atom. The molecule has 0 aliphatic carbocycles. The van der Waals surface area contributed by atoms with Crippen molar-refractivity contribution in [2.24, 2.45) is 0 Å². The van der Waals surface area contributed by atoms with Gasteiger partial charge in [-0.1, -0.05) is 6.07 Å². The van der Waals surface area contributed by atoms with Gasteiger partial charge in [-0.2, -0.15) is 0 Å². The van der Waals surface area contributed by atoms with E-state index < -0.39 is 9.84 Å². The lowest BCUT2D eigenvalue weighted by Crippen LogP contribution is -2.24. The number of hydrogen-bond donors (Lipinski definition) is 1. The van der Waals surface area contributed by atoms with Gasteiger partial charge in [-0.05, 0) is 48.9 Å². The first-order valence-corrected chi connectivity index (χ1v) is 11.7. The van der Waals surface area contributed by atoms with Crippen LogP contribution in [0.5, 0.6) is 11.5 Å². The number of carbonyl (C=O) groups excluding carboxylic acids is 1. The monoisotopic (exact) mass is 438 g/mol. The molecule has 3 aromatic rings. The van der Waals surface area contributed by atoms with Gasteiger partial charge in [0.25, 0.3) is 0 Å². The summed E-state index contributed by atoms with van der Waals surface area (Å²) in [6.45, 7) is 1.13. The number of pyridine rings is 2. The highest BCUT2D eigenvalue weighted by Crippen LogP contribution is 2.31. The van der Waals surface area contributed by atoms with Crippen LogP contribution in [0.2, 0.25) is 0 Å². The van der Waals surface area contributed by atoms with Gasteiger partial charge in [0.05, 0.1) is 6.20 Å². The highest BCUT2D eigenvalue weighted by Gasteiger charge is 2.22. The molecule has 160 valence electrons. The number of anilines is 2. The smallest absolute Gasteiger partial charge is 0.222 e. The molecule has 0 atom stereocenters. The van der Waals surface area contributed by atoms with Crippen LogP contribution in [0, 0.1) is 0 Å². The van der Waals surface area contributed by atoms with Gasteiger partial charge in [-0.15, -0.1) is 0 Å². The first-order valence-electron chi connectivity index (χ1n) is 9.81. The Morgan fingerprint density at radius 2 is 2.00 bits per heavy atom. The van der Waals surface area contributed by atoms with Crippen molar-refractivity contribution >= 4 is 27.2 Å². The number of aromatic nitrogens is 2. The molecule has 0 bridgehead atoms. The second kappa shape index (κ2) is 8.73. The van der Waals surface area contributed by atoms with Crippen LogP contribution in [-0.4, -0.2) is 42.0 Å². The molecule has 0 unspecified atom stereocenters. The van der Waals surface area contributed by atoms with E-state index in [2.05, 4.69) is 15.3 Å². The lowest BCUT2D eigenvalue weighted by Gasteiger charge is -2.19. The summed E-state index contributed by atoms with van der Waals surface area (Å²) >= 11 is 0. The average molecular weight is 439 g/mol. The van der Waals surface area contributed by atoms with Crippen LogP contribution in [0.4, 0.5) is 11.5 Å². The van der Waals surface area contributed by atoms with Crippen LogP contribution >= 0.6 is 0 Å². The Bertz CT molecular complexity index is 1180. The van der Waals surface area contributed by atoms with E-state index in [1.54, 1.807) is 17.2 Å². The summed E-state index contributed by atoms with van der Waals surface area (Å²) < 4.78 is 29.2. The van der Waals surface area contributed by atoms with E-state index in [1.807, 2.05) is 36.4 Å². The van der Waals surface area contributed by atoms with Gasteiger partial charge in [0.2, 0.25) is 5.91 Å². The normalized spacial score (nSPS) is 14.0. The van der Waals surface area contributed by atoms with Gasteiger partial charge in [0.1, 0.15) is 17.3 Å². The molecule has 4 rings (SSSR count). The van der Waals surface area contributed by atoms with E-state index in [1.165, 1.54) is 12.3 Å². The molecule has 9 heteroatoms. The molecule has 31 heavy (non-hydrogen) atoms. The zero-order valence-electron chi connectivity index (χ0n) is 17.0. The van der Waals surface area contributed by atoms with E-state index in [0.717, 1.165) is 23.9 Å². The molecule has 1 saturated heterocycles. The third kappa shape index (κ3) is 5.18. The minimum atomic E-state index is -3.38. The fraction of sp³-hybridized carbons (Fsp3) is 0.227. The summed E-state index contributed by atoms with van der Waals surface area (Å²) in [5, 5.41) is 3.23. The van der Waals surface area contributed by atoms with Crippen molar-refractivity contribution in [2.75, 3.05) is 18.1 Å². The largest absolute Gasteiger partial charge is 0.455 e. The third-order valence-corrected chi connectivity index (χ3v) is 5.85. The number of hydrogen-bond acceptors (Lipinski definition) is 7. The van der Waals surface area contributed by atoms with E-state index in [4.69, 9.17) is 4.74 Å². The van der Waals surface area contributed by atoms with E-state index in [9.17, 15) is 13.2 Å². The third-order valence-electron chi connectivity index (χ3n) is 4.85. The molecule has 1 amide bonds. The van der Waals surface area contributed by atoms with Crippen LogP contribution in [0.15, 0.2) is 66.0 Å². The zero-order chi connectivity index (χ0) is 21.8. The number of nitrogens with one attached hydrogen (secondary N) is 1. The summed E-state index contributed by atoms with van der Waals surface area (Å²) in [6.07, 6.45) is 5.59. The number of sulfone groups is 1. The average Bonchev–Trinajstić information content (AvgIpc) is 3.15. The second-order valence-corrected chi connectivity index (χ2v) is 9.25. The van der Waals surface area contributed by atoms with Gasteiger partial charge < -0.3 is 15.0 Å². The van der Waals surface area contributed by atoms with Crippen LogP contribution in [0.3, 0.4) is 0 Å². The number of rotatable bonds is 7. The lowest BCUT2D eigenvalue weighted by atomic mass is 10.1. The Labute approximate surface area is 180 Å². The first kappa shape index (κ1) is 20.8. The highest BCUT2D eigenvalue weighted by atomic mass is 32.2. The summed E-state index contributed by atoms with van der Waals surface area (Å²) in [6, 6.07) is 14.2. The fourth-order valence-electron chi connectivity index (χ4n) is 3.32. The van der Waals surface area contributed by atoms with E-state index in [-0.39, 0.29) is 10.9 Å². The number of likely N-dealkylation sites (tertiary alicyclic amines) is 1. The predicted octanol–water partition coefficient (Wildman–Crippen LogP) is 3.54. The Balaban J connectivity index is 1.61. The van der Waals surface area contributed by atoms with Crippen LogP contribution in [0.1, 0.15) is 18.4 Å². The second-order valence-electron chi connectivity index (χ2n) is 7.29. The Kier molecular flexibility index (Phi) is 5.85. The van der Waals surface area contributed by atoms with Crippen molar-refractivity contribution in [3.63, 3.8) is 0 Å². The lowest BCUT2D eigenvalue weighted by molar-refractivity contribution is -0.128. The summed E-state index contributed by atoms with van der Waals surface area (Å²) in [7, 11) is -3.38. The van der Waals surface area contributed by atoms with Gasteiger partial charge >= 0.3 is 0 Å². The summed E-state index contributed by atoms with van der Waals surface area (Å²) in [5.41, 5.74) is 1.64. The number of ether oxygens (including phenoxy) is 1. The van der Waals surface area contributed by atoms with E-state index in [0.29, 0.717) is 36.8 Å². The number of amides is 1. The molecule has 1 aliphatic heterocycles. The minimum Gasteiger partial charge on any atom is -0.455 e. The Hall–Kier alpha value is -3.46. The van der Waals surface area contributed by atoms with Gasteiger partial charge in [-0.25, -0.2) is 18.4 Å². The molecule has 1 N–H and O–H groups in total. The fourth-order valence-corrected chi connectivity index (χ4v) is 3.87. The molecule has 3 heterocycles. The standard InChI is InChI=1S/C22H22N4O4S/c1-31(28,29)21-10-8-18(14-24-21)30-19-9-7-17(25-20-5-2-3-11-23-20)13-16(19)15-26-12-4-6-22(26)27/h2-3,5,7-11,13-14H,4,6,12,15H2,1H3,(H,23,25). The maximum atomic E-state index is 12.1. The Morgan fingerprint density at radius 1 is 1.13 bits per heavy atom. The molecular weight excluding hydrogens is 416 g/mol. The molecule has 1 fully saturated rings. The highest BCUT2D eigenvalue weighted by molar-refractivity contribution is 7.90. The molecule has 8 nitrogen and oxygen atoms in total. The molecule has 1 aromatic carbocycles. The first-order chi connectivity index (χ1) is 14.9. The predicted molar refractivity (Wildman–Crippen MR) is 116 cm³/mol. The molecule has 0 spiro atoms. The topological polar surface area (TPSA) is 101 Å². The van der Waals surface area contributed by atoms with Crippen molar-refractivity contribution in [3.05, 3.63) is 66.5 Å². The van der Waals surface area contributed by atoms with Gasteiger partial charge in [0.15, 0.2) is 14.9 Å². The quantitative estimate of drug-likeness (QED) is 0.602. The molecule has 0 radical (unpaired) electrons. The van der Waals surface area contributed by atoms with Crippen molar-refractivity contribution in [2.45, 2.75) is 24.4 Å². The van der Waals surface area contributed by atoms with Gasteiger partial charge in [0, 0.05) is 43.2 Å². The van der Waals surface area contributed by atoms with Crippen LogP contribution in [0.25, 0.3) is 0 Å². The summed E-state index contributed by atoms with van der Waals surface area (Å²) in [5.74, 6) is 1.81.